The van der Waals surface area contributed by atoms with Crippen molar-refractivity contribution in [2.24, 2.45) is 0 Å². The first-order valence-electron chi connectivity index (χ1n) is 11.2. The number of rotatable bonds is 9. The number of carbonyl (C=O) groups is 2. The van der Waals surface area contributed by atoms with Gasteiger partial charge in [-0.3, -0.25) is 19.7 Å². The normalized spacial score (nSPS) is 11.2. The number of benzene rings is 2. The number of nitro groups is 1. The zero-order valence-corrected chi connectivity index (χ0v) is 21.3. The lowest BCUT2D eigenvalue weighted by molar-refractivity contribution is -0.384. The van der Waals surface area contributed by atoms with Crippen LogP contribution in [0.15, 0.2) is 54.6 Å². The molecule has 0 aliphatic rings. The second-order valence-corrected chi connectivity index (χ2v) is 9.51. The van der Waals surface area contributed by atoms with Crippen molar-refractivity contribution in [2.45, 2.75) is 26.2 Å². The molecule has 1 N–H and O–H groups in total. The molecule has 0 unspecified atom stereocenters. The predicted molar refractivity (Wildman–Crippen MR) is 137 cm³/mol. The summed E-state index contributed by atoms with van der Waals surface area (Å²) < 4.78 is 6.65. The van der Waals surface area contributed by atoms with Crippen LogP contribution in [0.3, 0.4) is 0 Å². The molecule has 0 saturated heterocycles. The molecule has 2 amide bonds. The summed E-state index contributed by atoms with van der Waals surface area (Å²) in [7, 11) is 1.48. The predicted octanol–water partition coefficient (Wildman–Crippen LogP) is 4.46. The highest BCUT2D eigenvalue weighted by molar-refractivity contribution is 6.32. The van der Waals surface area contributed by atoms with Crippen molar-refractivity contribution >= 4 is 34.9 Å². The lowest BCUT2D eigenvalue weighted by atomic mass is 9.92. The summed E-state index contributed by atoms with van der Waals surface area (Å²) in [6.45, 7) is 6.00. The number of methoxy groups -OCH3 is 1. The van der Waals surface area contributed by atoms with Crippen LogP contribution in [0.1, 0.15) is 36.8 Å². The summed E-state index contributed by atoms with van der Waals surface area (Å²) in [6.07, 6.45) is 0. The molecule has 1 aromatic heterocycles. The van der Waals surface area contributed by atoms with Gasteiger partial charge >= 0.3 is 0 Å². The average molecular weight is 514 g/mol. The fourth-order valence-corrected chi connectivity index (χ4v) is 3.60. The summed E-state index contributed by atoms with van der Waals surface area (Å²) in [4.78, 5) is 38.0. The number of non-ortho nitro benzene ring substituents is 1. The van der Waals surface area contributed by atoms with E-state index in [-0.39, 0.29) is 36.4 Å². The Bertz CT molecular complexity index is 1270. The van der Waals surface area contributed by atoms with E-state index in [0.29, 0.717) is 16.5 Å². The van der Waals surface area contributed by atoms with E-state index in [1.165, 1.54) is 36.3 Å². The van der Waals surface area contributed by atoms with Crippen LogP contribution < -0.4 is 5.32 Å². The van der Waals surface area contributed by atoms with Gasteiger partial charge < -0.3 is 15.0 Å². The van der Waals surface area contributed by atoms with E-state index < -0.39 is 16.7 Å². The molecule has 2 aromatic carbocycles. The summed E-state index contributed by atoms with van der Waals surface area (Å²) in [5.41, 5.74) is 0.921. The number of carbonyl (C=O) groups excluding carboxylic acids is 2. The molecule has 3 aromatic rings. The third-order valence-corrected chi connectivity index (χ3v) is 5.64. The Kier molecular flexibility index (Phi) is 8.44. The van der Waals surface area contributed by atoms with E-state index in [1.807, 2.05) is 26.8 Å². The lowest BCUT2D eigenvalue weighted by Crippen LogP contribution is -2.40. The Hall–Kier alpha value is -3.76. The molecule has 0 saturated carbocycles. The minimum absolute atomic E-state index is 0.101. The minimum atomic E-state index is -0.578. The van der Waals surface area contributed by atoms with Gasteiger partial charge in [0.2, 0.25) is 5.91 Å². The fraction of sp³-hybridized carbons (Fsp3) is 0.320. The first-order valence-corrected chi connectivity index (χ1v) is 11.6. The highest BCUT2D eigenvalue weighted by Crippen LogP contribution is 2.29. The molecule has 0 aliphatic heterocycles. The van der Waals surface area contributed by atoms with Crippen molar-refractivity contribution in [1.82, 2.24) is 14.7 Å². The smallest absolute Gasteiger partial charge is 0.270 e. The van der Waals surface area contributed by atoms with Gasteiger partial charge in [0.05, 0.1) is 27.9 Å². The number of para-hydroxylation sites is 1. The summed E-state index contributed by atoms with van der Waals surface area (Å²) in [6, 6.07) is 14.3. The first kappa shape index (κ1) is 26.8. The lowest BCUT2D eigenvalue weighted by Gasteiger charge is -2.22. The minimum Gasteiger partial charge on any atom is -0.383 e. The fourth-order valence-electron chi connectivity index (χ4n) is 3.39. The van der Waals surface area contributed by atoms with Crippen molar-refractivity contribution in [3.8, 4) is 5.69 Å². The van der Waals surface area contributed by atoms with Gasteiger partial charge in [0.1, 0.15) is 12.4 Å². The van der Waals surface area contributed by atoms with Crippen molar-refractivity contribution in [2.75, 3.05) is 32.1 Å². The molecule has 36 heavy (non-hydrogen) atoms. The van der Waals surface area contributed by atoms with Gasteiger partial charge in [-0.25, -0.2) is 4.68 Å². The van der Waals surface area contributed by atoms with E-state index in [0.717, 1.165) is 5.69 Å². The maximum atomic E-state index is 13.1. The van der Waals surface area contributed by atoms with Gasteiger partial charge in [-0.15, -0.1) is 0 Å². The zero-order valence-electron chi connectivity index (χ0n) is 20.5. The van der Waals surface area contributed by atoms with Crippen LogP contribution in [-0.4, -0.2) is 58.2 Å². The highest BCUT2D eigenvalue weighted by atomic mass is 35.5. The number of anilines is 1. The third-order valence-electron chi connectivity index (χ3n) is 5.32. The Morgan fingerprint density at radius 2 is 1.89 bits per heavy atom. The molecule has 3 rings (SSSR count). The molecule has 0 aliphatic carbocycles. The van der Waals surface area contributed by atoms with Gasteiger partial charge in [0, 0.05) is 42.8 Å². The maximum Gasteiger partial charge on any atom is 0.270 e. The monoisotopic (exact) mass is 513 g/mol. The van der Waals surface area contributed by atoms with E-state index in [1.54, 1.807) is 28.9 Å². The summed E-state index contributed by atoms with van der Waals surface area (Å²) in [5, 5.41) is 19.1. The van der Waals surface area contributed by atoms with Gasteiger partial charge in [0.15, 0.2) is 0 Å². The molecule has 0 spiro atoms. The number of nitrogens with zero attached hydrogens (tertiary/aromatic N) is 4. The van der Waals surface area contributed by atoms with Crippen molar-refractivity contribution in [1.29, 1.82) is 0 Å². The quantitative estimate of drug-likeness (QED) is 0.333. The Balaban J connectivity index is 1.88. The molecule has 1 heterocycles. The molecule has 0 atom stereocenters. The van der Waals surface area contributed by atoms with Crippen molar-refractivity contribution < 1.29 is 19.2 Å². The van der Waals surface area contributed by atoms with Crippen molar-refractivity contribution in [3.63, 3.8) is 0 Å². The highest BCUT2D eigenvalue weighted by Gasteiger charge is 2.24. The van der Waals surface area contributed by atoms with E-state index >= 15 is 0 Å². The number of halogens is 1. The number of ether oxygens (including phenoxy) is 1. The average Bonchev–Trinajstić information content (AvgIpc) is 3.25. The number of amides is 2. The third kappa shape index (κ3) is 6.46. The molecular formula is C25H28ClN5O5. The number of aromatic nitrogens is 2. The number of hydrogen-bond acceptors (Lipinski definition) is 6. The first-order chi connectivity index (χ1) is 17.0. The van der Waals surface area contributed by atoms with Gasteiger partial charge in [-0.05, 0) is 18.2 Å². The summed E-state index contributed by atoms with van der Waals surface area (Å²) >= 11 is 6.39. The number of hydrogen-bond donors (Lipinski definition) is 1. The topological polar surface area (TPSA) is 120 Å². The van der Waals surface area contributed by atoms with Crippen LogP contribution in [0.4, 0.5) is 11.5 Å². The van der Waals surface area contributed by atoms with Crippen LogP contribution in [-0.2, 0) is 14.9 Å². The van der Waals surface area contributed by atoms with Gasteiger partial charge in [0.25, 0.3) is 11.6 Å². The molecule has 11 heteroatoms. The van der Waals surface area contributed by atoms with E-state index in [9.17, 15) is 19.7 Å². The molecule has 0 bridgehead atoms. The molecule has 10 nitrogen and oxygen atoms in total. The second-order valence-electron chi connectivity index (χ2n) is 9.10. The SMILES string of the molecule is COCCN(CC(=O)Nc1cc(C(C)(C)C)nn1-c1ccccc1Cl)C(=O)c1cccc([N+](=O)[O-])c1. The van der Waals surface area contributed by atoms with E-state index in [4.69, 9.17) is 16.3 Å². The zero-order chi connectivity index (χ0) is 26.5. The Labute approximate surface area is 214 Å². The largest absolute Gasteiger partial charge is 0.383 e. The van der Waals surface area contributed by atoms with Gasteiger partial charge in [-0.1, -0.05) is 50.6 Å². The van der Waals surface area contributed by atoms with Gasteiger partial charge in [-0.2, -0.15) is 5.10 Å². The molecular weight excluding hydrogens is 486 g/mol. The second kappa shape index (κ2) is 11.3. The van der Waals surface area contributed by atoms with Crippen LogP contribution in [0, 0.1) is 10.1 Å². The molecule has 0 fully saturated rings. The maximum absolute atomic E-state index is 13.1. The van der Waals surface area contributed by atoms with Crippen LogP contribution >= 0.6 is 11.6 Å². The summed E-state index contributed by atoms with van der Waals surface area (Å²) in [5.74, 6) is -0.605. The Morgan fingerprint density at radius 1 is 1.17 bits per heavy atom. The number of nitrogens with one attached hydrogen (secondary N) is 1. The number of nitro benzene ring substituents is 1. The Morgan fingerprint density at radius 3 is 2.53 bits per heavy atom. The molecule has 0 radical (unpaired) electrons. The standard InChI is InChI=1S/C25H28ClN5O5/c1-25(2,3)21-15-22(30(28-21)20-11-6-5-10-19(20)26)27-23(32)16-29(12-13-36-4)24(33)17-8-7-9-18(14-17)31(34)35/h5-11,14-15H,12-13,16H2,1-4H3,(H,27,32). The van der Waals surface area contributed by atoms with Crippen LogP contribution in [0.5, 0.6) is 0 Å². The van der Waals surface area contributed by atoms with Crippen molar-refractivity contribution in [3.05, 3.63) is 81.0 Å². The molecule has 190 valence electrons. The van der Waals surface area contributed by atoms with E-state index in [2.05, 4.69) is 10.4 Å². The van der Waals surface area contributed by atoms with Crippen LogP contribution in [0.2, 0.25) is 5.02 Å². The van der Waals surface area contributed by atoms with Crippen LogP contribution in [0.25, 0.3) is 5.69 Å².